The van der Waals surface area contributed by atoms with E-state index in [0.29, 0.717) is 6.54 Å². The molecule has 0 N–H and O–H groups in total. The van der Waals surface area contributed by atoms with Gasteiger partial charge in [0.05, 0.1) is 6.04 Å². The molecule has 19 heavy (non-hydrogen) atoms. The Hall–Kier alpha value is -1.06. The number of amides is 1. The van der Waals surface area contributed by atoms with Gasteiger partial charge in [0.2, 0.25) is 0 Å². The van der Waals surface area contributed by atoms with Crippen LogP contribution in [-0.4, -0.2) is 35.0 Å². The first kappa shape index (κ1) is 16.0. The smallest absolute Gasteiger partial charge is 0.410 e. The molecule has 0 spiro atoms. The van der Waals surface area contributed by atoms with Gasteiger partial charge in [0.25, 0.3) is 0 Å². The van der Waals surface area contributed by atoms with E-state index in [1.807, 2.05) is 41.5 Å². The van der Waals surface area contributed by atoms with Gasteiger partial charge < -0.3 is 4.74 Å². The van der Waals surface area contributed by atoms with Crippen LogP contribution in [0.15, 0.2) is 0 Å². The van der Waals surface area contributed by atoms with Crippen LogP contribution < -0.4 is 0 Å². The summed E-state index contributed by atoms with van der Waals surface area (Å²) in [7, 11) is 0. The van der Waals surface area contributed by atoms with Gasteiger partial charge in [-0.3, -0.25) is 9.69 Å². The second kappa shape index (κ2) is 5.51. The highest BCUT2D eigenvalue weighted by atomic mass is 16.6. The van der Waals surface area contributed by atoms with Gasteiger partial charge in [-0.15, -0.1) is 0 Å². The van der Waals surface area contributed by atoms with E-state index in [-0.39, 0.29) is 17.9 Å². The van der Waals surface area contributed by atoms with Crippen molar-refractivity contribution in [3.8, 4) is 0 Å². The number of carbonyl (C=O) groups is 2. The molecule has 110 valence electrons. The van der Waals surface area contributed by atoms with Crippen LogP contribution in [0.25, 0.3) is 0 Å². The minimum absolute atomic E-state index is 0.123. The molecule has 4 heteroatoms. The Balaban J connectivity index is 2.84. The summed E-state index contributed by atoms with van der Waals surface area (Å²) in [6.07, 6.45) is 2.31. The van der Waals surface area contributed by atoms with Crippen molar-refractivity contribution in [3.05, 3.63) is 0 Å². The van der Waals surface area contributed by atoms with Gasteiger partial charge >= 0.3 is 6.09 Å². The van der Waals surface area contributed by atoms with Crippen LogP contribution in [-0.2, 0) is 9.53 Å². The van der Waals surface area contributed by atoms with E-state index in [1.54, 1.807) is 4.90 Å². The Labute approximate surface area is 116 Å². The number of piperidine rings is 1. The molecule has 1 rings (SSSR count). The standard InChI is InChI=1S/C15H27NO3/c1-14(2,3)12(17)11-9-7-8-10-16(11)13(18)19-15(4,5)6/h11H,7-10H2,1-6H3/t11-/m1/s1. The summed E-state index contributed by atoms with van der Waals surface area (Å²) in [4.78, 5) is 26.3. The lowest BCUT2D eigenvalue weighted by Crippen LogP contribution is -2.52. The zero-order valence-corrected chi connectivity index (χ0v) is 13.1. The first-order chi connectivity index (χ1) is 8.52. The number of hydrogen-bond acceptors (Lipinski definition) is 3. The van der Waals surface area contributed by atoms with Gasteiger partial charge in [0, 0.05) is 12.0 Å². The minimum Gasteiger partial charge on any atom is -0.444 e. The van der Waals surface area contributed by atoms with Crippen LogP contribution in [0.5, 0.6) is 0 Å². The maximum atomic E-state index is 12.5. The van der Waals surface area contributed by atoms with E-state index in [1.165, 1.54) is 0 Å². The van der Waals surface area contributed by atoms with Crippen LogP contribution in [0.2, 0.25) is 0 Å². The highest BCUT2D eigenvalue weighted by Gasteiger charge is 2.38. The number of ketones is 1. The summed E-state index contributed by atoms with van der Waals surface area (Å²) < 4.78 is 5.41. The fourth-order valence-electron chi connectivity index (χ4n) is 2.24. The Kier molecular flexibility index (Phi) is 4.64. The quantitative estimate of drug-likeness (QED) is 0.733. The Morgan fingerprint density at radius 3 is 2.11 bits per heavy atom. The molecule has 0 aromatic heterocycles. The third-order valence-electron chi connectivity index (χ3n) is 3.17. The van der Waals surface area contributed by atoms with E-state index < -0.39 is 11.0 Å². The fourth-order valence-corrected chi connectivity index (χ4v) is 2.24. The van der Waals surface area contributed by atoms with Crippen molar-refractivity contribution in [2.75, 3.05) is 6.54 Å². The lowest BCUT2D eigenvalue weighted by molar-refractivity contribution is -0.133. The Morgan fingerprint density at radius 2 is 1.63 bits per heavy atom. The number of carbonyl (C=O) groups excluding carboxylic acids is 2. The van der Waals surface area contributed by atoms with Gasteiger partial charge in [0.15, 0.2) is 5.78 Å². The van der Waals surface area contributed by atoms with Crippen LogP contribution in [0.4, 0.5) is 4.79 Å². The van der Waals surface area contributed by atoms with E-state index >= 15 is 0 Å². The molecular weight excluding hydrogens is 242 g/mol. The van der Waals surface area contributed by atoms with E-state index in [0.717, 1.165) is 19.3 Å². The predicted octanol–water partition coefficient (Wildman–Crippen LogP) is 3.39. The predicted molar refractivity (Wildman–Crippen MR) is 75.0 cm³/mol. The van der Waals surface area contributed by atoms with Gasteiger partial charge in [-0.05, 0) is 40.0 Å². The zero-order chi connectivity index (χ0) is 14.8. The molecule has 0 aromatic rings. The number of Topliss-reactive ketones (excluding diaryl/α,β-unsaturated/α-hetero) is 1. The minimum atomic E-state index is -0.524. The van der Waals surface area contributed by atoms with E-state index in [9.17, 15) is 9.59 Å². The topological polar surface area (TPSA) is 46.6 Å². The summed E-state index contributed by atoms with van der Waals surface area (Å²) in [6.45, 7) is 11.8. The summed E-state index contributed by atoms with van der Waals surface area (Å²) in [5.41, 5.74) is -0.952. The van der Waals surface area contributed by atoms with Crippen LogP contribution >= 0.6 is 0 Å². The second-order valence-electron chi connectivity index (χ2n) is 7.30. The normalized spacial score (nSPS) is 21.2. The molecule has 1 amide bonds. The molecule has 0 unspecified atom stereocenters. The highest BCUT2D eigenvalue weighted by Crippen LogP contribution is 2.27. The van der Waals surface area contributed by atoms with Crippen molar-refractivity contribution in [1.29, 1.82) is 0 Å². The molecule has 1 atom stereocenters. The van der Waals surface area contributed by atoms with Crippen molar-refractivity contribution < 1.29 is 14.3 Å². The lowest BCUT2D eigenvalue weighted by atomic mass is 9.83. The Morgan fingerprint density at radius 1 is 1.05 bits per heavy atom. The van der Waals surface area contributed by atoms with E-state index in [4.69, 9.17) is 4.74 Å². The molecule has 1 saturated heterocycles. The third kappa shape index (κ3) is 4.51. The number of nitrogens with zero attached hydrogens (tertiary/aromatic N) is 1. The van der Waals surface area contributed by atoms with Gasteiger partial charge in [0.1, 0.15) is 5.60 Å². The van der Waals surface area contributed by atoms with Crippen molar-refractivity contribution in [1.82, 2.24) is 4.90 Å². The van der Waals surface area contributed by atoms with Gasteiger partial charge in [-0.1, -0.05) is 20.8 Å². The maximum Gasteiger partial charge on any atom is 0.410 e. The summed E-state index contributed by atoms with van der Waals surface area (Å²) in [5.74, 6) is 0.123. The van der Waals surface area contributed by atoms with Crippen molar-refractivity contribution in [2.24, 2.45) is 5.41 Å². The van der Waals surface area contributed by atoms with E-state index in [2.05, 4.69) is 0 Å². The van der Waals surface area contributed by atoms with Crippen LogP contribution in [0.1, 0.15) is 60.8 Å². The van der Waals surface area contributed by atoms with Gasteiger partial charge in [-0.2, -0.15) is 0 Å². The molecular formula is C15H27NO3. The first-order valence-electron chi connectivity index (χ1n) is 7.06. The zero-order valence-electron chi connectivity index (χ0n) is 13.1. The molecule has 0 bridgehead atoms. The number of ether oxygens (including phenoxy) is 1. The first-order valence-corrected chi connectivity index (χ1v) is 7.06. The van der Waals surface area contributed by atoms with Gasteiger partial charge in [-0.25, -0.2) is 4.79 Å². The number of hydrogen-bond donors (Lipinski definition) is 0. The SMILES string of the molecule is CC(C)(C)OC(=O)N1CCCC[C@@H]1C(=O)C(C)(C)C. The molecule has 1 heterocycles. The lowest BCUT2D eigenvalue weighted by Gasteiger charge is -2.38. The Bertz CT molecular complexity index is 349. The molecule has 1 fully saturated rings. The molecule has 0 aliphatic carbocycles. The molecule has 0 saturated carbocycles. The average Bonchev–Trinajstić information content (AvgIpc) is 2.24. The largest absolute Gasteiger partial charge is 0.444 e. The van der Waals surface area contributed by atoms with Crippen LogP contribution in [0, 0.1) is 5.41 Å². The summed E-state index contributed by atoms with van der Waals surface area (Å²) in [6, 6.07) is -0.330. The molecule has 0 aromatic carbocycles. The third-order valence-corrected chi connectivity index (χ3v) is 3.17. The fraction of sp³-hybridized carbons (Fsp3) is 0.867. The van der Waals surface area contributed by atoms with Crippen LogP contribution in [0.3, 0.4) is 0 Å². The number of rotatable bonds is 1. The van der Waals surface area contributed by atoms with Crippen molar-refractivity contribution >= 4 is 11.9 Å². The summed E-state index contributed by atoms with van der Waals surface area (Å²) >= 11 is 0. The number of likely N-dealkylation sites (tertiary alicyclic amines) is 1. The van der Waals surface area contributed by atoms with Crippen molar-refractivity contribution in [2.45, 2.75) is 72.4 Å². The highest BCUT2D eigenvalue weighted by molar-refractivity contribution is 5.91. The molecule has 0 radical (unpaired) electrons. The maximum absolute atomic E-state index is 12.5. The molecule has 1 aliphatic heterocycles. The molecule has 4 nitrogen and oxygen atoms in total. The monoisotopic (exact) mass is 269 g/mol. The van der Waals surface area contributed by atoms with Crippen molar-refractivity contribution in [3.63, 3.8) is 0 Å². The molecule has 1 aliphatic rings. The summed E-state index contributed by atoms with van der Waals surface area (Å²) in [5, 5.41) is 0. The average molecular weight is 269 g/mol. The second-order valence-corrected chi connectivity index (χ2v) is 7.30.